The van der Waals surface area contributed by atoms with E-state index < -0.39 is 0 Å². The maximum absolute atomic E-state index is 11.1. The second-order valence-corrected chi connectivity index (χ2v) is 3.53. The Morgan fingerprint density at radius 2 is 1.92 bits per heavy atom. The van der Waals surface area contributed by atoms with E-state index in [4.69, 9.17) is 0 Å². The lowest BCUT2D eigenvalue weighted by Gasteiger charge is -2.01. The smallest absolute Gasteiger partial charge is 0.155 e. The molecular formula is C12H20O. The highest BCUT2D eigenvalue weighted by atomic mass is 16.1. The number of carbonyl (C=O) groups excluding carboxylic acids is 1. The Bertz CT molecular complexity index is 211. The molecule has 74 valence electrons. The van der Waals surface area contributed by atoms with E-state index in [1.807, 2.05) is 6.92 Å². The molecule has 1 heteroatoms. The van der Waals surface area contributed by atoms with Crippen LogP contribution in [0.25, 0.3) is 0 Å². The summed E-state index contributed by atoms with van der Waals surface area (Å²) in [4.78, 5) is 11.1. The zero-order valence-electron chi connectivity index (χ0n) is 9.02. The fraction of sp³-hybridized carbons (Fsp3) is 0.583. The number of hydrogen-bond acceptors (Lipinski definition) is 1. The summed E-state index contributed by atoms with van der Waals surface area (Å²) in [6, 6.07) is 0. The average molecular weight is 180 g/mol. The Balaban J connectivity index is 4.03. The van der Waals surface area contributed by atoms with Gasteiger partial charge in [0, 0.05) is 0 Å². The normalized spacial score (nSPS) is 11.5. The minimum atomic E-state index is 0.212. The van der Waals surface area contributed by atoms with Crippen molar-refractivity contribution in [3.8, 4) is 0 Å². The topological polar surface area (TPSA) is 17.1 Å². The molecule has 0 aromatic rings. The van der Waals surface area contributed by atoms with E-state index in [9.17, 15) is 4.79 Å². The van der Waals surface area contributed by atoms with Crippen LogP contribution in [0.15, 0.2) is 23.8 Å². The van der Waals surface area contributed by atoms with Crippen molar-refractivity contribution < 1.29 is 4.79 Å². The Morgan fingerprint density at radius 1 is 1.31 bits per heavy atom. The highest BCUT2D eigenvalue weighted by molar-refractivity contribution is 5.93. The van der Waals surface area contributed by atoms with Crippen molar-refractivity contribution in [1.82, 2.24) is 0 Å². The van der Waals surface area contributed by atoms with Crippen LogP contribution in [-0.4, -0.2) is 5.78 Å². The predicted molar refractivity (Wildman–Crippen MR) is 57.7 cm³/mol. The van der Waals surface area contributed by atoms with Crippen molar-refractivity contribution in [2.45, 2.75) is 46.5 Å². The first-order chi connectivity index (χ1) is 6.07. The van der Waals surface area contributed by atoms with Crippen LogP contribution in [0.1, 0.15) is 46.5 Å². The molecule has 0 aliphatic carbocycles. The molecule has 0 radical (unpaired) electrons. The summed E-state index contributed by atoms with van der Waals surface area (Å²) in [7, 11) is 0. The van der Waals surface area contributed by atoms with E-state index in [0.717, 1.165) is 31.3 Å². The monoisotopic (exact) mass is 180 g/mol. The maximum Gasteiger partial charge on any atom is 0.155 e. The van der Waals surface area contributed by atoms with Gasteiger partial charge in [-0.2, -0.15) is 0 Å². The van der Waals surface area contributed by atoms with Gasteiger partial charge in [-0.3, -0.25) is 4.79 Å². The maximum atomic E-state index is 11.1. The van der Waals surface area contributed by atoms with Crippen molar-refractivity contribution in [2.24, 2.45) is 0 Å². The SMILES string of the molecule is C=C(C)CC/C=C(\CCC)C(C)=O. The van der Waals surface area contributed by atoms with Crippen LogP contribution < -0.4 is 0 Å². The Hall–Kier alpha value is -0.850. The number of carbonyl (C=O) groups is 1. The number of hydrogen-bond donors (Lipinski definition) is 0. The number of Topliss-reactive ketones (excluding diaryl/α,β-unsaturated/α-hetero) is 1. The van der Waals surface area contributed by atoms with Gasteiger partial charge in [-0.15, -0.1) is 6.58 Å². The molecule has 0 saturated heterocycles. The molecule has 0 N–H and O–H groups in total. The molecular weight excluding hydrogens is 160 g/mol. The molecule has 0 saturated carbocycles. The van der Waals surface area contributed by atoms with Crippen LogP contribution in [0.5, 0.6) is 0 Å². The molecule has 0 aromatic carbocycles. The summed E-state index contributed by atoms with van der Waals surface area (Å²) in [5.41, 5.74) is 2.15. The lowest BCUT2D eigenvalue weighted by molar-refractivity contribution is -0.113. The Labute approximate surface area is 81.5 Å². The molecule has 0 heterocycles. The van der Waals surface area contributed by atoms with Gasteiger partial charge in [0.2, 0.25) is 0 Å². The van der Waals surface area contributed by atoms with E-state index in [2.05, 4.69) is 19.6 Å². The van der Waals surface area contributed by atoms with Gasteiger partial charge in [0.15, 0.2) is 5.78 Å². The lowest BCUT2D eigenvalue weighted by atomic mass is 10.0. The van der Waals surface area contributed by atoms with Gasteiger partial charge < -0.3 is 0 Å². The first kappa shape index (κ1) is 12.2. The first-order valence-electron chi connectivity index (χ1n) is 4.92. The van der Waals surface area contributed by atoms with Crippen molar-refractivity contribution in [1.29, 1.82) is 0 Å². The number of rotatable bonds is 6. The van der Waals surface area contributed by atoms with Gasteiger partial charge in [-0.25, -0.2) is 0 Å². The molecule has 0 amide bonds. The third kappa shape index (κ3) is 6.32. The quantitative estimate of drug-likeness (QED) is 0.450. The van der Waals surface area contributed by atoms with E-state index in [1.165, 1.54) is 5.57 Å². The first-order valence-corrected chi connectivity index (χ1v) is 4.92. The zero-order valence-corrected chi connectivity index (χ0v) is 9.02. The Morgan fingerprint density at radius 3 is 2.31 bits per heavy atom. The molecule has 0 fully saturated rings. The average Bonchev–Trinajstić information content (AvgIpc) is 2.02. The van der Waals surface area contributed by atoms with Gasteiger partial charge in [-0.1, -0.05) is 25.0 Å². The van der Waals surface area contributed by atoms with Crippen LogP contribution in [0.4, 0.5) is 0 Å². The molecule has 0 rings (SSSR count). The number of allylic oxidation sites excluding steroid dienone is 3. The van der Waals surface area contributed by atoms with Gasteiger partial charge in [0.05, 0.1) is 0 Å². The van der Waals surface area contributed by atoms with Gasteiger partial charge in [-0.05, 0) is 38.7 Å². The zero-order chi connectivity index (χ0) is 10.3. The van der Waals surface area contributed by atoms with Gasteiger partial charge in [0.1, 0.15) is 0 Å². The van der Waals surface area contributed by atoms with Gasteiger partial charge in [0.25, 0.3) is 0 Å². The van der Waals surface area contributed by atoms with Gasteiger partial charge >= 0.3 is 0 Å². The van der Waals surface area contributed by atoms with Crippen molar-refractivity contribution in [3.63, 3.8) is 0 Å². The highest BCUT2D eigenvalue weighted by Gasteiger charge is 2.00. The molecule has 13 heavy (non-hydrogen) atoms. The highest BCUT2D eigenvalue weighted by Crippen LogP contribution is 2.10. The van der Waals surface area contributed by atoms with Crippen molar-refractivity contribution in [2.75, 3.05) is 0 Å². The second kappa shape index (κ2) is 6.64. The Kier molecular flexibility index (Phi) is 6.21. The van der Waals surface area contributed by atoms with Crippen LogP contribution in [0.3, 0.4) is 0 Å². The predicted octanol–water partition coefficient (Wildman–Crippen LogP) is 3.66. The summed E-state index contributed by atoms with van der Waals surface area (Å²) in [5.74, 6) is 0.212. The van der Waals surface area contributed by atoms with E-state index in [1.54, 1.807) is 6.92 Å². The molecule has 0 atom stereocenters. The molecule has 0 aromatic heterocycles. The molecule has 0 spiro atoms. The fourth-order valence-electron chi connectivity index (χ4n) is 1.18. The van der Waals surface area contributed by atoms with Crippen LogP contribution >= 0.6 is 0 Å². The standard InChI is InChI=1S/C12H20O/c1-5-7-12(11(4)13)9-6-8-10(2)3/h9H,2,5-8H2,1,3-4H3/b12-9+. The fourth-order valence-corrected chi connectivity index (χ4v) is 1.18. The summed E-state index contributed by atoms with van der Waals surface area (Å²) >= 11 is 0. The molecule has 0 aliphatic rings. The summed E-state index contributed by atoms with van der Waals surface area (Å²) < 4.78 is 0. The minimum Gasteiger partial charge on any atom is -0.295 e. The largest absolute Gasteiger partial charge is 0.295 e. The number of ketones is 1. The van der Waals surface area contributed by atoms with Crippen LogP contribution in [-0.2, 0) is 4.79 Å². The molecule has 1 nitrogen and oxygen atoms in total. The summed E-state index contributed by atoms with van der Waals surface area (Å²) in [6.07, 6.45) is 5.94. The second-order valence-electron chi connectivity index (χ2n) is 3.53. The van der Waals surface area contributed by atoms with Crippen molar-refractivity contribution in [3.05, 3.63) is 23.8 Å². The van der Waals surface area contributed by atoms with E-state index in [-0.39, 0.29) is 5.78 Å². The molecule has 0 bridgehead atoms. The van der Waals surface area contributed by atoms with Crippen molar-refractivity contribution >= 4 is 5.78 Å². The molecule has 0 unspecified atom stereocenters. The summed E-state index contributed by atoms with van der Waals surface area (Å²) in [5, 5.41) is 0. The third-order valence-electron chi connectivity index (χ3n) is 1.93. The van der Waals surface area contributed by atoms with Crippen LogP contribution in [0, 0.1) is 0 Å². The molecule has 0 aliphatic heterocycles. The van der Waals surface area contributed by atoms with E-state index in [0.29, 0.717) is 0 Å². The van der Waals surface area contributed by atoms with E-state index >= 15 is 0 Å². The minimum absolute atomic E-state index is 0.212. The summed E-state index contributed by atoms with van der Waals surface area (Å²) in [6.45, 7) is 9.58. The van der Waals surface area contributed by atoms with Crippen LogP contribution in [0.2, 0.25) is 0 Å². The third-order valence-corrected chi connectivity index (χ3v) is 1.93. The lowest BCUT2D eigenvalue weighted by Crippen LogP contribution is -1.96.